The van der Waals surface area contributed by atoms with Crippen LogP contribution in [0.25, 0.3) is 0 Å². The van der Waals surface area contributed by atoms with Crippen LogP contribution < -0.4 is 10.5 Å². The molecule has 150 valence electrons. The van der Waals surface area contributed by atoms with E-state index in [9.17, 15) is 9.18 Å². The minimum absolute atomic E-state index is 0.126. The van der Waals surface area contributed by atoms with Gasteiger partial charge in [0.1, 0.15) is 18.2 Å². The minimum Gasteiger partial charge on any atom is -0.489 e. The van der Waals surface area contributed by atoms with E-state index in [-0.39, 0.29) is 12.4 Å². The Morgan fingerprint density at radius 3 is 2.28 bits per heavy atom. The van der Waals surface area contributed by atoms with Gasteiger partial charge in [-0.15, -0.1) is 0 Å². The quantitative estimate of drug-likeness (QED) is 0.569. The Bertz CT molecular complexity index is 914. The van der Waals surface area contributed by atoms with Crippen molar-refractivity contribution in [3.8, 4) is 5.75 Å². The topological polar surface area (TPSA) is 55.6 Å². The van der Waals surface area contributed by atoms with E-state index >= 15 is 0 Å². The molecule has 0 spiro atoms. The van der Waals surface area contributed by atoms with Crippen molar-refractivity contribution < 1.29 is 13.9 Å². The van der Waals surface area contributed by atoms with Crippen molar-refractivity contribution in [2.75, 3.05) is 13.1 Å². The van der Waals surface area contributed by atoms with E-state index in [1.807, 2.05) is 65.6 Å². The van der Waals surface area contributed by atoms with Gasteiger partial charge in [-0.1, -0.05) is 60.7 Å². The molecule has 0 aliphatic rings. The van der Waals surface area contributed by atoms with Crippen molar-refractivity contribution in [3.05, 3.63) is 101 Å². The first-order chi connectivity index (χ1) is 14.1. The lowest BCUT2D eigenvalue weighted by atomic mass is 10.1. The lowest BCUT2D eigenvalue weighted by molar-refractivity contribution is -0.119. The van der Waals surface area contributed by atoms with Gasteiger partial charge in [0.2, 0.25) is 5.91 Å². The first kappa shape index (κ1) is 20.6. The number of benzene rings is 3. The maximum absolute atomic E-state index is 13.8. The lowest BCUT2D eigenvalue weighted by Crippen LogP contribution is -2.34. The van der Waals surface area contributed by atoms with E-state index in [1.165, 1.54) is 6.07 Å². The van der Waals surface area contributed by atoms with E-state index in [2.05, 4.69) is 0 Å². The maximum Gasteiger partial charge on any atom is 0.231 e. The molecular formula is C24H25FN2O2. The molecule has 0 saturated heterocycles. The summed E-state index contributed by atoms with van der Waals surface area (Å²) < 4.78 is 19.7. The highest BCUT2D eigenvalue weighted by Crippen LogP contribution is 2.16. The van der Waals surface area contributed by atoms with Crippen molar-refractivity contribution in [3.63, 3.8) is 0 Å². The molecule has 0 heterocycles. The summed E-state index contributed by atoms with van der Waals surface area (Å²) in [7, 11) is 0. The minimum atomic E-state index is -0.402. The van der Waals surface area contributed by atoms with E-state index in [0.29, 0.717) is 31.7 Å². The van der Waals surface area contributed by atoms with Crippen molar-refractivity contribution in [2.24, 2.45) is 5.73 Å². The van der Waals surface area contributed by atoms with Crippen LogP contribution in [0.15, 0.2) is 78.9 Å². The number of hydrogen-bond donors (Lipinski definition) is 1. The number of carbonyl (C=O) groups is 1. The molecule has 2 N–H and O–H groups in total. The zero-order valence-corrected chi connectivity index (χ0v) is 16.3. The molecule has 3 rings (SSSR count). The molecule has 5 heteroatoms. The highest BCUT2D eigenvalue weighted by molar-refractivity contribution is 5.75. The molecule has 0 aliphatic heterocycles. The normalized spacial score (nSPS) is 10.8. The number of rotatable bonds is 10. The maximum atomic E-state index is 13.8. The summed E-state index contributed by atoms with van der Waals surface area (Å²) in [4.78, 5) is 13.4. The number of nitrogens with zero attached hydrogens (tertiary/aromatic N) is 1. The Balaban J connectivity index is 1.57. The van der Waals surface area contributed by atoms with Crippen LogP contribution in [0.5, 0.6) is 5.75 Å². The van der Waals surface area contributed by atoms with Gasteiger partial charge in [0.05, 0.1) is 6.54 Å². The molecule has 0 atom stereocenters. The summed E-state index contributed by atoms with van der Waals surface area (Å²) >= 11 is 0. The first-order valence-corrected chi connectivity index (χ1v) is 9.60. The molecule has 1 amide bonds. The molecule has 3 aromatic carbocycles. The standard InChI is InChI=1S/C24H25FN2O2/c25-23-9-5-4-8-21(23)14-15-27(17-24(26)28)16-19-10-12-22(13-11-19)29-18-20-6-2-1-3-7-20/h1-13H,14-18H2,(H2,26,28). The first-order valence-electron chi connectivity index (χ1n) is 9.60. The third-order valence-corrected chi connectivity index (χ3v) is 4.61. The fraction of sp³-hybridized carbons (Fsp3) is 0.208. The van der Waals surface area contributed by atoms with Crippen molar-refractivity contribution in [1.82, 2.24) is 4.90 Å². The van der Waals surface area contributed by atoms with Crippen LogP contribution in [-0.4, -0.2) is 23.9 Å². The third-order valence-electron chi connectivity index (χ3n) is 4.61. The van der Waals surface area contributed by atoms with Crippen molar-refractivity contribution in [1.29, 1.82) is 0 Å². The molecular weight excluding hydrogens is 367 g/mol. The molecule has 29 heavy (non-hydrogen) atoms. The van der Waals surface area contributed by atoms with Gasteiger partial charge in [0.15, 0.2) is 0 Å². The van der Waals surface area contributed by atoms with E-state index in [0.717, 1.165) is 16.9 Å². The molecule has 0 unspecified atom stereocenters. The van der Waals surface area contributed by atoms with Crippen LogP contribution >= 0.6 is 0 Å². The Morgan fingerprint density at radius 2 is 1.59 bits per heavy atom. The summed E-state index contributed by atoms with van der Waals surface area (Å²) in [5, 5.41) is 0. The second kappa shape index (κ2) is 10.4. The molecule has 0 aliphatic carbocycles. The predicted octanol–water partition coefficient (Wildman–Crippen LogP) is 3.93. The van der Waals surface area contributed by atoms with E-state index in [4.69, 9.17) is 10.5 Å². The van der Waals surface area contributed by atoms with Crippen LogP contribution in [-0.2, 0) is 24.4 Å². The Labute approximate surface area is 170 Å². The van der Waals surface area contributed by atoms with Gasteiger partial charge in [-0.2, -0.15) is 0 Å². The van der Waals surface area contributed by atoms with Gasteiger partial charge < -0.3 is 10.5 Å². The van der Waals surface area contributed by atoms with Gasteiger partial charge in [0.25, 0.3) is 0 Å². The summed E-state index contributed by atoms with van der Waals surface area (Å²) in [6.45, 7) is 1.73. The fourth-order valence-electron chi connectivity index (χ4n) is 3.10. The second-order valence-electron chi connectivity index (χ2n) is 6.94. The van der Waals surface area contributed by atoms with Crippen LogP contribution in [0.2, 0.25) is 0 Å². The lowest BCUT2D eigenvalue weighted by Gasteiger charge is -2.21. The van der Waals surface area contributed by atoms with Crippen LogP contribution in [0, 0.1) is 5.82 Å². The molecule has 0 bridgehead atoms. The number of ether oxygens (including phenoxy) is 1. The van der Waals surface area contributed by atoms with Gasteiger partial charge in [-0.25, -0.2) is 4.39 Å². The smallest absolute Gasteiger partial charge is 0.231 e. The van der Waals surface area contributed by atoms with Crippen molar-refractivity contribution >= 4 is 5.91 Å². The predicted molar refractivity (Wildman–Crippen MR) is 112 cm³/mol. The van der Waals surface area contributed by atoms with Gasteiger partial charge in [-0.3, -0.25) is 9.69 Å². The summed E-state index contributed by atoms with van der Waals surface area (Å²) in [5.74, 6) is 0.151. The average Bonchev–Trinajstić information content (AvgIpc) is 2.73. The average molecular weight is 392 g/mol. The fourth-order valence-corrected chi connectivity index (χ4v) is 3.10. The number of carbonyl (C=O) groups excluding carboxylic acids is 1. The summed E-state index contributed by atoms with van der Waals surface area (Å²) in [5.41, 5.74) is 8.16. The number of amides is 1. The number of nitrogens with two attached hydrogens (primary N) is 1. The molecule has 0 fully saturated rings. The number of halogens is 1. The molecule has 3 aromatic rings. The molecule has 0 saturated carbocycles. The molecule has 0 aromatic heterocycles. The highest BCUT2D eigenvalue weighted by Gasteiger charge is 2.11. The van der Waals surface area contributed by atoms with Crippen molar-refractivity contribution in [2.45, 2.75) is 19.6 Å². The SMILES string of the molecule is NC(=O)CN(CCc1ccccc1F)Cc1ccc(OCc2ccccc2)cc1. The van der Waals surface area contributed by atoms with Gasteiger partial charge in [0, 0.05) is 13.1 Å². The van der Waals surface area contributed by atoms with Crippen LogP contribution in [0.4, 0.5) is 4.39 Å². The van der Waals surface area contributed by atoms with Crippen LogP contribution in [0.3, 0.4) is 0 Å². The van der Waals surface area contributed by atoms with Crippen LogP contribution in [0.1, 0.15) is 16.7 Å². The van der Waals surface area contributed by atoms with Gasteiger partial charge >= 0.3 is 0 Å². The van der Waals surface area contributed by atoms with E-state index in [1.54, 1.807) is 12.1 Å². The summed E-state index contributed by atoms with van der Waals surface area (Å²) in [6.07, 6.45) is 0.512. The van der Waals surface area contributed by atoms with Gasteiger partial charge in [-0.05, 0) is 41.3 Å². The number of hydrogen-bond acceptors (Lipinski definition) is 3. The highest BCUT2D eigenvalue weighted by atomic mass is 19.1. The molecule has 4 nitrogen and oxygen atoms in total. The third kappa shape index (κ3) is 6.73. The zero-order chi connectivity index (χ0) is 20.5. The summed E-state index contributed by atoms with van der Waals surface area (Å²) in [6, 6.07) is 24.4. The number of primary amides is 1. The zero-order valence-electron chi connectivity index (χ0n) is 16.3. The Kier molecular flexibility index (Phi) is 7.36. The largest absolute Gasteiger partial charge is 0.489 e. The molecule has 0 radical (unpaired) electrons. The Hall–Kier alpha value is -3.18. The second-order valence-corrected chi connectivity index (χ2v) is 6.94. The Morgan fingerprint density at radius 1 is 0.897 bits per heavy atom. The van der Waals surface area contributed by atoms with E-state index < -0.39 is 5.91 Å². The monoisotopic (exact) mass is 392 g/mol.